The van der Waals surface area contributed by atoms with E-state index in [-0.39, 0.29) is 18.3 Å². The van der Waals surface area contributed by atoms with E-state index in [1.165, 1.54) is 7.11 Å². The summed E-state index contributed by atoms with van der Waals surface area (Å²) in [5.41, 5.74) is 3.82. The summed E-state index contributed by atoms with van der Waals surface area (Å²) in [7, 11) is 1.36. The normalized spacial score (nSPS) is 10.9. The predicted molar refractivity (Wildman–Crippen MR) is 95.2 cm³/mol. The molecule has 0 aliphatic heterocycles. The van der Waals surface area contributed by atoms with Crippen LogP contribution in [0.15, 0.2) is 36.4 Å². The molecular formula is C19H22ClNO3. The minimum absolute atomic E-state index is 0.119. The second-order valence-electron chi connectivity index (χ2n) is 5.88. The average molecular weight is 348 g/mol. The molecule has 1 N–H and O–H groups in total. The van der Waals surface area contributed by atoms with Crippen LogP contribution in [0.25, 0.3) is 0 Å². The van der Waals surface area contributed by atoms with Gasteiger partial charge in [-0.3, -0.25) is 9.69 Å². The summed E-state index contributed by atoms with van der Waals surface area (Å²) in [6.07, 6.45) is 0. The minimum atomic E-state index is -0.328. The number of rotatable bonds is 6. The fraction of sp³-hybridized carbons (Fsp3) is 0.316. The Morgan fingerprint density at radius 1 is 1.12 bits per heavy atom. The molecule has 0 unspecified atom stereocenters. The lowest BCUT2D eigenvalue weighted by Crippen LogP contribution is -2.30. The number of aryl methyl sites for hydroxylation is 2. The molecule has 0 heterocycles. The van der Waals surface area contributed by atoms with Crippen LogP contribution in [-0.2, 0) is 22.6 Å². The topological polar surface area (TPSA) is 49.8 Å². The number of esters is 1. The number of benzene rings is 2. The molecule has 0 amide bonds. The first-order valence-corrected chi connectivity index (χ1v) is 8.10. The van der Waals surface area contributed by atoms with Gasteiger partial charge in [0, 0.05) is 23.7 Å². The number of aromatic hydroxyl groups is 1. The number of methoxy groups -OCH3 is 1. The van der Waals surface area contributed by atoms with Crippen molar-refractivity contribution in [2.75, 3.05) is 13.7 Å². The van der Waals surface area contributed by atoms with Gasteiger partial charge in [-0.15, -0.1) is 0 Å². The first-order chi connectivity index (χ1) is 11.4. The van der Waals surface area contributed by atoms with Crippen molar-refractivity contribution >= 4 is 17.6 Å². The quantitative estimate of drug-likeness (QED) is 0.807. The van der Waals surface area contributed by atoms with Gasteiger partial charge in [0.05, 0.1) is 13.7 Å². The molecular weight excluding hydrogens is 326 g/mol. The summed E-state index contributed by atoms with van der Waals surface area (Å²) in [6.45, 7) is 4.98. The highest BCUT2D eigenvalue weighted by Crippen LogP contribution is 2.25. The smallest absolute Gasteiger partial charge is 0.319 e. The third kappa shape index (κ3) is 4.73. The summed E-state index contributed by atoms with van der Waals surface area (Å²) in [5.74, 6) is -0.0995. The molecule has 5 heteroatoms. The summed E-state index contributed by atoms with van der Waals surface area (Å²) < 4.78 is 4.78. The molecule has 0 spiro atoms. The van der Waals surface area contributed by atoms with Crippen molar-refractivity contribution in [3.63, 3.8) is 0 Å². The fourth-order valence-electron chi connectivity index (χ4n) is 2.51. The molecule has 0 saturated heterocycles. The van der Waals surface area contributed by atoms with Gasteiger partial charge in [0.25, 0.3) is 0 Å². The van der Waals surface area contributed by atoms with E-state index in [0.717, 1.165) is 22.3 Å². The van der Waals surface area contributed by atoms with Crippen LogP contribution in [0.5, 0.6) is 5.75 Å². The van der Waals surface area contributed by atoms with Gasteiger partial charge in [-0.25, -0.2) is 0 Å². The number of hydrogen-bond acceptors (Lipinski definition) is 4. The molecule has 0 aromatic heterocycles. The monoisotopic (exact) mass is 347 g/mol. The molecule has 128 valence electrons. The summed E-state index contributed by atoms with van der Waals surface area (Å²) >= 11 is 6.23. The van der Waals surface area contributed by atoms with Crippen LogP contribution < -0.4 is 0 Å². The molecule has 24 heavy (non-hydrogen) atoms. The van der Waals surface area contributed by atoms with Gasteiger partial charge >= 0.3 is 5.97 Å². The first kappa shape index (κ1) is 18.3. The Balaban J connectivity index is 2.25. The first-order valence-electron chi connectivity index (χ1n) is 7.72. The Hall–Kier alpha value is -2.04. The highest BCUT2D eigenvalue weighted by atomic mass is 35.5. The van der Waals surface area contributed by atoms with E-state index >= 15 is 0 Å². The third-order valence-electron chi connectivity index (χ3n) is 4.02. The Morgan fingerprint density at radius 3 is 2.42 bits per heavy atom. The molecule has 0 radical (unpaired) electrons. The summed E-state index contributed by atoms with van der Waals surface area (Å²) in [5, 5.41) is 10.9. The number of phenolic OH excluding ortho intramolecular Hbond substituents is 1. The Kier molecular flexibility index (Phi) is 6.23. The number of nitrogens with zero attached hydrogens (tertiary/aromatic N) is 1. The lowest BCUT2D eigenvalue weighted by Gasteiger charge is -2.22. The number of carbonyl (C=O) groups is 1. The highest BCUT2D eigenvalue weighted by Gasteiger charge is 2.16. The number of carbonyl (C=O) groups excluding carboxylic acids is 1. The van der Waals surface area contributed by atoms with Gasteiger partial charge in [0.2, 0.25) is 0 Å². The molecule has 2 rings (SSSR count). The number of halogens is 1. The van der Waals surface area contributed by atoms with Gasteiger partial charge < -0.3 is 9.84 Å². The van der Waals surface area contributed by atoms with Crippen LogP contribution >= 0.6 is 11.6 Å². The van der Waals surface area contributed by atoms with Crippen molar-refractivity contribution in [2.24, 2.45) is 0 Å². The van der Waals surface area contributed by atoms with Gasteiger partial charge in [-0.1, -0.05) is 35.9 Å². The van der Waals surface area contributed by atoms with Gasteiger partial charge in [-0.2, -0.15) is 0 Å². The predicted octanol–water partition coefficient (Wildman–Crippen LogP) is 3.84. The molecule has 0 fully saturated rings. The van der Waals surface area contributed by atoms with Crippen molar-refractivity contribution in [2.45, 2.75) is 26.9 Å². The molecule has 0 aliphatic carbocycles. The molecule has 0 bridgehead atoms. The number of phenols is 1. The van der Waals surface area contributed by atoms with Gasteiger partial charge in [-0.05, 0) is 42.7 Å². The van der Waals surface area contributed by atoms with Crippen LogP contribution in [-0.4, -0.2) is 29.6 Å². The molecule has 2 aromatic rings. The van der Waals surface area contributed by atoms with Crippen molar-refractivity contribution < 1.29 is 14.6 Å². The zero-order chi connectivity index (χ0) is 17.7. The van der Waals surface area contributed by atoms with E-state index in [1.807, 2.05) is 49.1 Å². The van der Waals surface area contributed by atoms with E-state index in [2.05, 4.69) is 0 Å². The Morgan fingerprint density at radius 2 is 1.75 bits per heavy atom. The fourth-order valence-corrected chi connectivity index (χ4v) is 2.71. The summed E-state index contributed by atoms with van der Waals surface area (Å²) in [4.78, 5) is 13.6. The van der Waals surface area contributed by atoms with Crippen molar-refractivity contribution in [1.29, 1.82) is 0 Å². The number of ether oxygens (including phenoxy) is 1. The third-order valence-corrected chi connectivity index (χ3v) is 4.39. The van der Waals surface area contributed by atoms with Crippen LogP contribution in [0.1, 0.15) is 22.3 Å². The van der Waals surface area contributed by atoms with Crippen LogP contribution in [0.2, 0.25) is 5.02 Å². The zero-order valence-corrected chi connectivity index (χ0v) is 14.9. The maximum Gasteiger partial charge on any atom is 0.319 e. The van der Waals surface area contributed by atoms with Crippen molar-refractivity contribution in [3.8, 4) is 5.75 Å². The molecule has 0 atom stereocenters. The van der Waals surface area contributed by atoms with Gasteiger partial charge in [0.15, 0.2) is 0 Å². The highest BCUT2D eigenvalue weighted by molar-refractivity contribution is 6.31. The second kappa shape index (κ2) is 8.18. The largest absolute Gasteiger partial charge is 0.508 e. The average Bonchev–Trinajstić information content (AvgIpc) is 2.54. The van der Waals surface area contributed by atoms with E-state index in [0.29, 0.717) is 18.1 Å². The van der Waals surface area contributed by atoms with Crippen molar-refractivity contribution in [3.05, 3.63) is 63.7 Å². The molecule has 0 saturated carbocycles. The lowest BCUT2D eigenvalue weighted by molar-refractivity contribution is -0.142. The van der Waals surface area contributed by atoms with Crippen LogP contribution in [0, 0.1) is 13.8 Å². The summed E-state index contributed by atoms with van der Waals surface area (Å²) in [6, 6.07) is 11.2. The Bertz CT molecular complexity index is 731. The maximum absolute atomic E-state index is 11.7. The van der Waals surface area contributed by atoms with Crippen LogP contribution in [0.4, 0.5) is 0 Å². The standard InChI is InChI=1S/C19H22ClNO3/c1-13-8-16(18(22)9-14(13)2)11-21(12-19(23)24-3)10-15-6-4-5-7-17(15)20/h4-9,22H,10-12H2,1-3H3. The second-order valence-corrected chi connectivity index (χ2v) is 6.29. The van der Waals surface area contributed by atoms with E-state index in [4.69, 9.17) is 16.3 Å². The molecule has 0 aliphatic rings. The molecule has 2 aromatic carbocycles. The number of hydrogen-bond donors (Lipinski definition) is 1. The van der Waals surface area contributed by atoms with E-state index < -0.39 is 0 Å². The van der Waals surface area contributed by atoms with Crippen LogP contribution in [0.3, 0.4) is 0 Å². The minimum Gasteiger partial charge on any atom is -0.508 e. The maximum atomic E-state index is 11.7. The van der Waals surface area contributed by atoms with Crippen molar-refractivity contribution in [1.82, 2.24) is 4.90 Å². The van der Waals surface area contributed by atoms with E-state index in [9.17, 15) is 9.90 Å². The Labute approximate surface area is 147 Å². The SMILES string of the molecule is COC(=O)CN(Cc1cc(C)c(C)cc1O)Cc1ccccc1Cl. The van der Waals surface area contributed by atoms with E-state index in [1.54, 1.807) is 6.07 Å². The van der Waals surface area contributed by atoms with Gasteiger partial charge in [0.1, 0.15) is 5.75 Å². The molecule has 4 nitrogen and oxygen atoms in total. The zero-order valence-electron chi connectivity index (χ0n) is 14.2. The lowest BCUT2D eigenvalue weighted by atomic mass is 10.0.